The fourth-order valence-electron chi connectivity index (χ4n) is 1.91. The summed E-state index contributed by atoms with van der Waals surface area (Å²) in [6, 6.07) is 6.15. The Hall–Kier alpha value is -1.52. The van der Waals surface area contributed by atoms with E-state index in [0.717, 1.165) is 29.4 Å². The van der Waals surface area contributed by atoms with E-state index in [4.69, 9.17) is 5.84 Å². The first-order chi connectivity index (χ1) is 7.86. The Labute approximate surface area is 94.9 Å². The number of rotatable bonds is 4. The predicted molar refractivity (Wildman–Crippen MR) is 64.5 cm³/mol. The van der Waals surface area contributed by atoms with Crippen molar-refractivity contribution in [2.45, 2.75) is 25.8 Å². The summed E-state index contributed by atoms with van der Waals surface area (Å²) in [6.07, 6.45) is 5.49. The van der Waals surface area contributed by atoms with Crippen molar-refractivity contribution < 1.29 is 0 Å². The molecule has 84 valence electrons. The summed E-state index contributed by atoms with van der Waals surface area (Å²) in [7, 11) is 0. The lowest BCUT2D eigenvalue weighted by atomic mass is 10.0. The van der Waals surface area contributed by atoms with Crippen LogP contribution in [0.4, 0.5) is 0 Å². The first-order valence-corrected chi connectivity index (χ1v) is 5.52. The molecule has 1 heterocycles. The van der Waals surface area contributed by atoms with E-state index in [2.05, 4.69) is 28.4 Å². The monoisotopic (exact) mass is 216 g/mol. The highest BCUT2D eigenvalue weighted by Crippen LogP contribution is 2.23. The molecule has 0 amide bonds. The molecular formula is C12H16N4. The van der Waals surface area contributed by atoms with Gasteiger partial charge in [-0.1, -0.05) is 25.5 Å². The highest BCUT2D eigenvalue weighted by molar-refractivity contribution is 5.77. The van der Waals surface area contributed by atoms with Crippen molar-refractivity contribution in [3.05, 3.63) is 36.2 Å². The van der Waals surface area contributed by atoms with E-state index >= 15 is 0 Å². The Kier molecular flexibility index (Phi) is 3.44. The molecular weight excluding hydrogens is 200 g/mol. The number of nitrogens with two attached hydrogens (primary N) is 1. The fraction of sp³-hybridized carbons (Fsp3) is 0.333. The van der Waals surface area contributed by atoms with Crippen LogP contribution in [0, 0.1) is 0 Å². The molecule has 0 aliphatic heterocycles. The van der Waals surface area contributed by atoms with Gasteiger partial charge in [0.2, 0.25) is 0 Å². The van der Waals surface area contributed by atoms with E-state index in [1.54, 1.807) is 12.4 Å². The topological polar surface area (TPSA) is 63.8 Å². The van der Waals surface area contributed by atoms with Crippen LogP contribution < -0.4 is 11.3 Å². The van der Waals surface area contributed by atoms with Gasteiger partial charge in [0.25, 0.3) is 0 Å². The summed E-state index contributed by atoms with van der Waals surface area (Å²) in [5.41, 5.74) is 5.81. The van der Waals surface area contributed by atoms with E-state index in [-0.39, 0.29) is 6.04 Å². The van der Waals surface area contributed by atoms with E-state index < -0.39 is 0 Å². The first kappa shape index (κ1) is 11.0. The Morgan fingerprint density at radius 2 is 2.12 bits per heavy atom. The van der Waals surface area contributed by atoms with Gasteiger partial charge in [-0.15, -0.1) is 0 Å². The summed E-state index contributed by atoms with van der Waals surface area (Å²) in [5.74, 6) is 5.58. The second-order valence-electron chi connectivity index (χ2n) is 3.78. The molecule has 1 aromatic heterocycles. The summed E-state index contributed by atoms with van der Waals surface area (Å²) >= 11 is 0. The van der Waals surface area contributed by atoms with Crippen molar-refractivity contribution in [2.24, 2.45) is 5.84 Å². The van der Waals surface area contributed by atoms with Crippen LogP contribution in [0.1, 0.15) is 31.4 Å². The zero-order chi connectivity index (χ0) is 11.4. The maximum Gasteiger partial charge on any atom is 0.0935 e. The number of fused-ring (bicyclic) bond motifs is 1. The SMILES string of the molecule is CCCC(NN)c1cccc2nccnc12. The molecule has 0 spiro atoms. The number of aromatic nitrogens is 2. The van der Waals surface area contributed by atoms with Gasteiger partial charge in [-0.2, -0.15) is 0 Å². The average Bonchev–Trinajstić information content (AvgIpc) is 2.35. The predicted octanol–water partition coefficient (Wildman–Crippen LogP) is 1.93. The molecule has 1 aromatic carbocycles. The highest BCUT2D eigenvalue weighted by atomic mass is 15.2. The zero-order valence-electron chi connectivity index (χ0n) is 9.35. The minimum absolute atomic E-state index is 0.144. The van der Waals surface area contributed by atoms with Gasteiger partial charge < -0.3 is 0 Å². The highest BCUT2D eigenvalue weighted by Gasteiger charge is 2.12. The maximum absolute atomic E-state index is 5.58. The van der Waals surface area contributed by atoms with Crippen LogP contribution in [0.2, 0.25) is 0 Å². The van der Waals surface area contributed by atoms with Crippen molar-refractivity contribution in [1.82, 2.24) is 15.4 Å². The molecule has 1 unspecified atom stereocenters. The first-order valence-electron chi connectivity index (χ1n) is 5.52. The van der Waals surface area contributed by atoms with Gasteiger partial charge >= 0.3 is 0 Å². The Balaban J connectivity index is 2.50. The van der Waals surface area contributed by atoms with Gasteiger partial charge in [0, 0.05) is 18.4 Å². The van der Waals surface area contributed by atoms with Crippen molar-refractivity contribution in [3.8, 4) is 0 Å². The Morgan fingerprint density at radius 1 is 1.31 bits per heavy atom. The third-order valence-corrected chi connectivity index (χ3v) is 2.68. The Morgan fingerprint density at radius 3 is 2.88 bits per heavy atom. The van der Waals surface area contributed by atoms with Crippen molar-refractivity contribution >= 4 is 11.0 Å². The molecule has 4 nitrogen and oxygen atoms in total. The fourth-order valence-corrected chi connectivity index (χ4v) is 1.91. The number of hydrazine groups is 1. The lowest BCUT2D eigenvalue weighted by Crippen LogP contribution is -2.28. The van der Waals surface area contributed by atoms with Gasteiger partial charge in [-0.3, -0.25) is 21.2 Å². The maximum atomic E-state index is 5.58. The van der Waals surface area contributed by atoms with E-state index in [0.29, 0.717) is 0 Å². The largest absolute Gasteiger partial charge is 0.271 e. The minimum Gasteiger partial charge on any atom is -0.271 e. The number of para-hydroxylation sites is 1. The van der Waals surface area contributed by atoms with Crippen LogP contribution in [0.3, 0.4) is 0 Å². The molecule has 4 heteroatoms. The number of nitrogens with zero attached hydrogens (tertiary/aromatic N) is 2. The van der Waals surface area contributed by atoms with Crippen LogP contribution in [0.25, 0.3) is 11.0 Å². The lowest BCUT2D eigenvalue weighted by molar-refractivity contribution is 0.512. The number of hydrogen-bond acceptors (Lipinski definition) is 4. The van der Waals surface area contributed by atoms with Crippen LogP contribution in [0.15, 0.2) is 30.6 Å². The van der Waals surface area contributed by atoms with E-state index in [1.165, 1.54) is 0 Å². The van der Waals surface area contributed by atoms with Crippen LogP contribution >= 0.6 is 0 Å². The normalized spacial score (nSPS) is 12.9. The zero-order valence-corrected chi connectivity index (χ0v) is 9.35. The van der Waals surface area contributed by atoms with Crippen molar-refractivity contribution in [2.75, 3.05) is 0 Å². The van der Waals surface area contributed by atoms with E-state index in [9.17, 15) is 0 Å². The average molecular weight is 216 g/mol. The molecule has 0 saturated carbocycles. The summed E-state index contributed by atoms with van der Waals surface area (Å²) in [6.45, 7) is 2.14. The van der Waals surface area contributed by atoms with Gasteiger partial charge in [-0.25, -0.2) is 0 Å². The third kappa shape index (κ3) is 2.03. The molecule has 0 aliphatic carbocycles. The number of nitrogens with one attached hydrogen (secondary N) is 1. The van der Waals surface area contributed by atoms with Crippen LogP contribution in [-0.2, 0) is 0 Å². The van der Waals surface area contributed by atoms with Gasteiger partial charge in [0.1, 0.15) is 0 Å². The molecule has 2 aromatic rings. The van der Waals surface area contributed by atoms with Crippen molar-refractivity contribution in [3.63, 3.8) is 0 Å². The Bertz CT molecular complexity index is 464. The molecule has 16 heavy (non-hydrogen) atoms. The van der Waals surface area contributed by atoms with Gasteiger partial charge in [-0.05, 0) is 18.1 Å². The summed E-state index contributed by atoms with van der Waals surface area (Å²) in [4.78, 5) is 8.66. The quantitative estimate of drug-likeness (QED) is 0.605. The van der Waals surface area contributed by atoms with Gasteiger partial charge in [0.05, 0.1) is 11.0 Å². The number of benzene rings is 1. The molecule has 0 radical (unpaired) electrons. The number of hydrogen-bond donors (Lipinski definition) is 2. The minimum atomic E-state index is 0.144. The van der Waals surface area contributed by atoms with Crippen molar-refractivity contribution in [1.29, 1.82) is 0 Å². The second-order valence-corrected chi connectivity index (χ2v) is 3.78. The lowest BCUT2D eigenvalue weighted by Gasteiger charge is -2.16. The van der Waals surface area contributed by atoms with Gasteiger partial charge in [0.15, 0.2) is 0 Å². The third-order valence-electron chi connectivity index (χ3n) is 2.68. The molecule has 3 N–H and O–H groups in total. The molecule has 0 bridgehead atoms. The second kappa shape index (κ2) is 5.01. The summed E-state index contributed by atoms with van der Waals surface area (Å²) in [5, 5.41) is 0. The molecule has 0 saturated heterocycles. The smallest absolute Gasteiger partial charge is 0.0935 e. The van der Waals surface area contributed by atoms with Crippen LogP contribution in [-0.4, -0.2) is 9.97 Å². The molecule has 2 rings (SSSR count). The molecule has 0 aliphatic rings. The molecule has 0 fully saturated rings. The van der Waals surface area contributed by atoms with E-state index in [1.807, 2.05) is 12.1 Å². The van der Waals surface area contributed by atoms with Crippen LogP contribution in [0.5, 0.6) is 0 Å². The molecule has 1 atom stereocenters. The summed E-state index contributed by atoms with van der Waals surface area (Å²) < 4.78 is 0. The standard InChI is InChI=1S/C12H16N4/c1-2-4-10(16-13)9-5-3-6-11-12(9)15-8-7-14-11/h3,5-8,10,16H,2,4,13H2,1H3.